The number of H-pyrrole nitrogens is 1. The molecule has 1 saturated heterocycles. The van der Waals surface area contributed by atoms with E-state index in [1.54, 1.807) is 7.05 Å². The van der Waals surface area contributed by atoms with Crippen LogP contribution in [0.1, 0.15) is 5.56 Å². The first-order valence-electron chi connectivity index (χ1n) is 11.2. The standard InChI is InChI=1S/C24H26N6O4/c1-27-21-20(22(32)26-24(27)33)30(14-17-8-5-7-16-6-3-4-9-18(16)17)23(25-21)29-12-10-28(11-13-29)15-19(31)34-2/h3-9H,10-15H2,1-2H3,(H,26,32,33). The van der Waals surface area contributed by atoms with E-state index in [2.05, 4.69) is 28.1 Å². The molecule has 1 aliphatic heterocycles. The maximum atomic E-state index is 12.9. The number of aromatic amines is 1. The van der Waals surface area contributed by atoms with E-state index in [-0.39, 0.29) is 12.5 Å². The largest absolute Gasteiger partial charge is 0.468 e. The molecule has 0 spiro atoms. The summed E-state index contributed by atoms with van der Waals surface area (Å²) in [6, 6.07) is 14.2. The van der Waals surface area contributed by atoms with Gasteiger partial charge in [0.05, 0.1) is 20.2 Å². The average Bonchev–Trinajstić information content (AvgIpc) is 3.23. The van der Waals surface area contributed by atoms with Gasteiger partial charge in [-0.05, 0) is 16.3 Å². The van der Waals surface area contributed by atoms with Gasteiger partial charge in [-0.25, -0.2) is 4.79 Å². The summed E-state index contributed by atoms with van der Waals surface area (Å²) in [5, 5.41) is 2.21. The van der Waals surface area contributed by atoms with Crippen LogP contribution in [0.15, 0.2) is 52.1 Å². The average molecular weight is 463 g/mol. The molecule has 2 aromatic heterocycles. The molecule has 10 heteroatoms. The Kier molecular flexibility index (Phi) is 5.66. The van der Waals surface area contributed by atoms with Gasteiger partial charge in [-0.1, -0.05) is 42.5 Å². The maximum Gasteiger partial charge on any atom is 0.329 e. The summed E-state index contributed by atoms with van der Waals surface area (Å²) in [6.07, 6.45) is 0. The number of methoxy groups -OCH3 is 1. The number of hydrogen-bond donors (Lipinski definition) is 1. The summed E-state index contributed by atoms with van der Waals surface area (Å²) in [7, 11) is 2.99. The second-order valence-electron chi connectivity index (χ2n) is 8.47. The Morgan fingerprint density at radius 1 is 1.06 bits per heavy atom. The normalized spacial score (nSPS) is 14.7. The second-order valence-corrected chi connectivity index (χ2v) is 8.47. The van der Waals surface area contributed by atoms with Crippen LogP contribution in [0.2, 0.25) is 0 Å². The molecule has 1 N–H and O–H groups in total. The molecule has 5 rings (SSSR count). The number of nitrogens with one attached hydrogen (secondary N) is 1. The van der Waals surface area contributed by atoms with Crippen molar-refractivity contribution in [2.45, 2.75) is 6.54 Å². The van der Waals surface area contributed by atoms with Crippen molar-refractivity contribution in [1.82, 2.24) is 24.0 Å². The van der Waals surface area contributed by atoms with Gasteiger partial charge in [0, 0.05) is 33.2 Å². The van der Waals surface area contributed by atoms with Crippen LogP contribution >= 0.6 is 0 Å². The number of fused-ring (bicyclic) bond motifs is 2. The van der Waals surface area contributed by atoms with Gasteiger partial charge >= 0.3 is 11.7 Å². The third kappa shape index (κ3) is 3.86. The van der Waals surface area contributed by atoms with Gasteiger partial charge in [0.15, 0.2) is 11.2 Å². The highest BCUT2D eigenvalue weighted by Crippen LogP contribution is 2.25. The number of aromatic nitrogens is 4. The quantitative estimate of drug-likeness (QED) is 0.440. The number of hydrogen-bond acceptors (Lipinski definition) is 7. The molecule has 0 unspecified atom stereocenters. The van der Waals surface area contributed by atoms with Crippen molar-refractivity contribution in [3.63, 3.8) is 0 Å². The summed E-state index contributed by atoms with van der Waals surface area (Å²) in [5.74, 6) is 0.366. The zero-order valence-corrected chi connectivity index (χ0v) is 19.2. The predicted molar refractivity (Wildman–Crippen MR) is 129 cm³/mol. The smallest absolute Gasteiger partial charge is 0.329 e. The lowest BCUT2D eigenvalue weighted by atomic mass is 10.0. The van der Waals surface area contributed by atoms with Crippen LogP contribution in [0.4, 0.5) is 5.95 Å². The highest BCUT2D eigenvalue weighted by molar-refractivity contribution is 5.86. The van der Waals surface area contributed by atoms with Crippen LogP contribution in [0, 0.1) is 0 Å². The maximum absolute atomic E-state index is 12.9. The van der Waals surface area contributed by atoms with Gasteiger partial charge in [0.1, 0.15) is 0 Å². The van der Waals surface area contributed by atoms with Gasteiger partial charge in [0.25, 0.3) is 5.56 Å². The van der Waals surface area contributed by atoms with Gasteiger partial charge in [-0.15, -0.1) is 0 Å². The van der Waals surface area contributed by atoms with Gasteiger partial charge in [-0.2, -0.15) is 4.98 Å². The first-order valence-corrected chi connectivity index (χ1v) is 11.2. The second kappa shape index (κ2) is 8.79. The van der Waals surface area contributed by atoms with Crippen LogP contribution in [-0.4, -0.2) is 69.8 Å². The van der Waals surface area contributed by atoms with Crippen molar-refractivity contribution >= 4 is 33.9 Å². The van der Waals surface area contributed by atoms with E-state index < -0.39 is 11.2 Å². The Labute approximate surface area is 195 Å². The molecule has 4 aromatic rings. The number of rotatable bonds is 5. The van der Waals surface area contributed by atoms with E-state index >= 15 is 0 Å². The lowest BCUT2D eigenvalue weighted by Crippen LogP contribution is -2.48. The third-order valence-corrected chi connectivity index (χ3v) is 6.43. The molecule has 10 nitrogen and oxygen atoms in total. The SMILES string of the molecule is COC(=O)CN1CCN(c2nc3c(c(=O)[nH]c(=O)n3C)n2Cc2cccc3ccccc23)CC1. The topological polar surface area (TPSA) is 105 Å². The van der Waals surface area contributed by atoms with E-state index in [1.807, 2.05) is 33.7 Å². The van der Waals surface area contributed by atoms with E-state index in [4.69, 9.17) is 9.72 Å². The van der Waals surface area contributed by atoms with Crippen LogP contribution in [0.3, 0.4) is 0 Å². The molecule has 0 amide bonds. The number of aryl methyl sites for hydroxylation is 1. The third-order valence-electron chi connectivity index (χ3n) is 6.43. The van der Waals surface area contributed by atoms with E-state index in [1.165, 1.54) is 11.7 Å². The minimum Gasteiger partial charge on any atom is -0.468 e. The molecule has 0 saturated carbocycles. The molecular weight excluding hydrogens is 436 g/mol. The molecule has 34 heavy (non-hydrogen) atoms. The highest BCUT2D eigenvalue weighted by atomic mass is 16.5. The predicted octanol–water partition coefficient (Wildman–Crippen LogP) is 0.920. The van der Waals surface area contributed by atoms with Crippen LogP contribution in [-0.2, 0) is 23.1 Å². The molecule has 0 aliphatic carbocycles. The lowest BCUT2D eigenvalue weighted by molar-refractivity contribution is -0.142. The first-order chi connectivity index (χ1) is 16.5. The van der Waals surface area contributed by atoms with Crippen LogP contribution in [0.25, 0.3) is 21.9 Å². The Balaban J connectivity index is 1.58. The Bertz CT molecular complexity index is 1490. The minimum absolute atomic E-state index is 0.241. The van der Waals surface area contributed by atoms with Crippen LogP contribution < -0.4 is 16.1 Å². The fourth-order valence-electron chi connectivity index (χ4n) is 4.57. The van der Waals surface area contributed by atoms with Crippen molar-refractivity contribution in [1.29, 1.82) is 0 Å². The summed E-state index contributed by atoms with van der Waals surface area (Å²) in [4.78, 5) is 48.1. The van der Waals surface area contributed by atoms with Crippen molar-refractivity contribution < 1.29 is 9.53 Å². The first kappa shape index (κ1) is 21.9. The zero-order valence-electron chi connectivity index (χ0n) is 19.2. The van der Waals surface area contributed by atoms with Gasteiger partial charge < -0.3 is 9.64 Å². The summed E-state index contributed by atoms with van der Waals surface area (Å²) >= 11 is 0. The van der Waals surface area contributed by atoms with Crippen molar-refractivity contribution in [2.24, 2.45) is 7.05 Å². The van der Waals surface area contributed by atoms with E-state index in [9.17, 15) is 14.4 Å². The zero-order chi connectivity index (χ0) is 23.8. The van der Waals surface area contributed by atoms with Crippen molar-refractivity contribution in [3.05, 3.63) is 68.9 Å². The van der Waals surface area contributed by atoms with E-state index in [0.717, 1.165) is 16.3 Å². The molecule has 0 radical (unpaired) electrons. The molecule has 1 aliphatic rings. The molecule has 176 valence electrons. The molecule has 3 heterocycles. The Morgan fingerprint density at radius 3 is 2.56 bits per heavy atom. The minimum atomic E-state index is -0.498. The van der Waals surface area contributed by atoms with Crippen LogP contribution in [0.5, 0.6) is 0 Å². The number of piperazine rings is 1. The monoisotopic (exact) mass is 462 g/mol. The van der Waals surface area contributed by atoms with Gasteiger partial charge in [0.2, 0.25) is 5.95 Å². The summed E-state index contributed by atoms with van der Waals surface area (Å²) in [5.41, 5.74) is 0.808. The summed E-state index contributed by atoms with van der Waals surface area (Å²) < 4.78 is 8.04. The Morgan fingerprint density at radius 2 is 1.79 bits per heavy atom. The number of esters is 1. The molecule has 0 atom stereocenters. The van der Waals surface area contributed by atoms with Gasteiger partial charge in [-0.3, -0.25) is 28.6 Å². The van der Waals surface area contributed by atoms with Crippen molar-refractivity contribution in [2.75, 3.05) is 44.7 Å². The number of imidazole rings is 1. The number of ether oxygens (including phenoxy) is 1. The van der Waals surface area contributed by atoms with E-state index in [0.29, 0.717) is 49.8 Å². The highest BCUT2D eigenvalue weighted by Gasteiger charge is 2.26. The number of benzene rings is 2. The number of anilines is 1. The lowest BCUT2D eigenvalue weighted by Gasteiger charge is -2.34. The molecule has 0 bridgehead atoms. The fourth-order valence-corrected chi connectivity index (χ4v) is 4.57. The van der Waals surface area contributed by atoms with Crippen molar-refractivity contribution in [3.8, 4) is 0 Å². The Hall–Kier alpha value is -3.92. The number of carbonyl (C=O) groups excluding carboxylic acids is 1. The summed E-state index contributed by atoms with van der Waals surface area (Å²) in [6.45, 7) is 3.23. The number of carbonyl (C=O) groups is 1. The molecular formula is C24H26N6O4. The molecule has 2 aromatic carbocycles. The fraction of sp³-hybridized carbons (Fsp3) is 0.333. The number of nitrogens with zero attached hydrogens (tertiary/aromatic N) is 5. The molecule has 1 fully saturated rings.